The van der Waals surface area contributed by atoms with Gasteiger partial charge in [0.25, 0.3) is 5.91 Å². The van der Waals surface area contributed by atoms with Gasteiger partial charge >= 0.3 is 0 Å². The molecule has 6 heteroatoms. The van der Waals surface area contributed by atoms with Gasteiger partial charge in [-0.05, 0) is 48.9 Å². The van der Waals surface area contributed by atoms with Crippen molar-refractivity contribution in [2.24, 2.45) is 12.0 Å². The minimum atomic E-state index is -0.244. The Kier molecular flexibility index (Phi) is 4.47. The first-order valence-corrected chi connectivity index (χ1v) is 8.68. The van der Waals surface area contributed by atoms with Crippen molar-refractivity contribution in [2.75, 3.05) is 19.0 Å². The van der Waals surface area contributed by atoms with E-state index < -0.39 is 0 Å². The molecule has 2 aromatic carbocycles. The molecule has 24 heavy (non-hydrogen) atoms. The standard InChI is InChI=1S/C18H18ClN3OS/c1-11-9-13(19)10-15-16(11)22(4)18(24-15)20-17(23)12-5-7-14(8-6-12)21(2)3/h5-10H,1-4H3. The van der Waals surface area contributed by atoms with Crippen LogP contribution in [0.25, 0.3) is 10.2 Å². The fourth-order valence-corrected chi connectivity index (χ4v) is 4.10. The molecule has 4 nitrogen and oxygen atoms in total. The topological polar surface area (TPSA) is 37.6 Å². The lowest BCUT2D eigenvalue weighted by Crippen LogP contribution is -2.14. The van der Waals surface area contributed by atoms with Crippen molar-refractivity contribution >= 4 is 44.7 Å². The summed E-state index contributed by atoms with van der Waals surface area (Å²) in [6, 6.07) is 11.3. The van der Waals surface area contributed by atoms with Crippen molar-refractivity contribution in [3.05, 3.63) is 57.3 Å². The number of nitrogens with zero attached hydrogens (tertiary/aromatic N) is 3. The van der Waals surface area contributed by atoms with Gasteiger partial charge in [0.1, 0.15) is 0 Å². The van der Waals surface area contributed by atoms with Gasteiger partial charge in [-0.3, -0.25) is 4.79 Å². The predicted molar refractivity (Wildman–Crippen MR) is 101 cm³/mol. The van der Waals surface area contributed by atoms with Crippen molar-refractivity contribution in [2.45, 2.75) is 6.92 Å². The summed E-state index contributed by atoms with van der Waals surface area (Å²) in [5.74, 6) is -0.244. The average Bonchev–Trinajstić information content (AvgIpc) is 2.83. The van der Waals surface area contributed by atoms with E-state index in [1.165, 1.54) is 11.3 Å². The highest BCUT2D eigenvalue weighted by Crippen LogP contribution is 2.25. The maximum absolute atomic E-state index is 12.5. The molecule has 124 valence electrons. The second-order valence-corrected chi connectivity index (χ2v) is 7.32. The molecule has 0 bridgehead atoms. The number of aromatic nitrogens is 1. The van der Waals surface area contributed by atoms with Gasteiger partial charge in [-0.2, -0.15) is 4.99 Å². The fraction of sp³-hybridized carbons (Fsp3) is 0.222. The molecule has 0 aliphatic heterocycles. The summed E-state index contributed by atoms with van der Waals surface area (Å²) in [6.45, 7) is 2.01. The number of benzene rings is 2. The smallest absolute Gasteiger partial charge is 0.279 e. The molecule has 1 aromatic heterocycles. The number of halogens is 1. The van der Waals surface area contributed by atoms with Gasteiger partial charge < -0.3 is 9.47 Å². The van der Waals surface area contributed by atoms with E-state index in [1.807, 2.05) is 61.8 Å². The van der Waals surface area contributed by atoms with Crippen molar-refractivity contribution in [3.8, 4) is 0 Å². The second kappa shape index (κ2) is 6.42. The number of carbonyl (C=O) groups is 1. The first kappa shape index (κ1) is 16.7. The Bertz CT molecular complexity index is 984. The Morgan fingerprint density at radius 3 is 2.50 bits per heavy atom. The van der Waals surface area contributed by atoms with Gasteiger partial charge in [-0.25, -0.2) is 0 Å². The van der Waals surface area contributed by atoms with Crippen LogP contribution in [0.4, 0.5) is 5.69 Å². The molecule has 0 unspecified atom stereocenters. The lowest BCUT2D eigenvalue weighted by Gasteiger charge is -2.11. The summed E-state index contributed by atoms with van der Waals surface area (Å²) in [5.41, 5.74) is 3.75. The van der Waals surface area contributed by atoms with Crippen LogP contribution in [0.5, 0.6) is 0 Å². The van der Waals surface area contributed by atoms with E-state index in [1.54, 1.807) is 12.1 Å². The Hall–Kier alpha value is -2.11. The Morgan fingerprint density at radius 2 is 1.88 bits per heavy atom. The van der Waals surface area contributed by atoms with E-state index in [9.17, 15) is 4.79 Å². The van der Waals surface area contributed by atoms with E-state index in [2.05, 4.69) is 4.99 Å². The largest absolute Gasteiger partial charge is 0.378 e. The maximum atomic E-state index is 12.5. The highest BCUT2D eigenvalue weighted by Gasteiger charge is 2.10. The van der Waals surface area contributed by atoms with Crippen LogP contribution in [0.3, 0.4) is 0 Å². The number of hydrogen-bond acceptors (Lipinski definition) is 3. The number of fused-ring (bicyclic) bond motifs is 1. The van der Waals surface area contributed by atoms with Crippen LogP contribution < -0.4 is 9.70 Å². The first-order valence-electron chi connectivity index (χ1n) is 7.49. The normalized spacial score (nSPS) is 12.0. The summed E-state index contributed by atoms with van der Waals surface area (Å²) in [7, 11) is 5.85. The minimum Gasteiger partial charge on any atom is -0.378 e. The van der Waals surface area contributed by atoms with E-state index in [-0.39, 0.29) is 5.91 Å². The zero-order chi connectivity index (χ0) is 17.4. The lowest BCUT2D eigenvalue weighted by atomic mass is 10.2. The van der Waals surface area contributed by atoms with Gasteiger partial charge in [0.05, 0.1) is 10.2 Å². The third-order valence-electron chi connectivity index (χ3n) is 3.88. The van der Waals surface area contributed by atoms with Crippen LogP contribution in [-0.4, -0.2) is 24.6 Å². The molecule has 0 saturated carbocycles. The van der Waals surface area contributed by atoms with Crippen molar-refractivity contribution < 1.29 is 4.79 Å². The van der Waals surface area contributed by atoms with Crippen molar-refractivity contribution in [3.63, 3.8) is 0 Å². The Labute approximate surface area is 149 Å². The molecule has 0 aliphatic rings. The van der Waals surface area contributed by atoms with Gasteiger partial charge in [-0.1, -0.05) is 22.9 Å². The number of carbonyl (C=O) groups excluding carboxylic acids is 1. The van der Waals surface area contributed by atoms with Crippen LogP contribution in [0.1, 0.15) is 15.9 Å². The number of amides is 1. The van der Waals surface area contributed by atoms with Gasteiger partial charge in [0, 0.05) is 37.4 Å². The summed E-state index contributed by atoms with van der Waals surface area (Å²) in [5, 5.41) is 0.694. The molecule has 0 aliphatic carbocycles. The predicted octanol–water partition coefficient (Wildman–Crippen LogP) is 4.01. The number of hydrogen-bond donors (Lipinski definition) is 0. The van der Waals surface area contributed by atoms with E-state index in [0.29, 0.717) is 15.4 Å². The summed E-state index contributed by atoms with van der Waals surface area (Å²) in [4.78, 5) is 19.4. The molecule has 1 heterocycles. The monoisotopic (exact) mass is 359 g/mol. The zero-order valence-corrected chi connectivity index (χ0v) is 15.6. The molecule has 0 fully saturated rings. The molecule has 3 aromatic rings. The van der Waals surface area contributed by atoms with E-state index >= 15 is 0 Å². The van der Waals surface area contributed by atoms with Gasteiger partial charge in [0.2, 0.25) is 0 Å². The van der Waals surface area contributed by atoms with Crippen LogP contribution in [0.2, 0.25) is 5.02 Å². The average molecular weight is 360 g/mol. The third kappa shape index (κ3) is 3.09. The number of anilines is 1. The van der Waals surface area contributed by atoms with Crippen LogP contribution in [0.15, 0.2) is 41.4 Å². The van der Waals surface area contributed by atoms with E-state index in [4.69, 9.17) is 11.6 Å². The number of rotatable bonds is 2. The molecule has 0 spiro atoms. The first-order chi connectivity index (χ1) is 11.4. The highest BCUT2D eigenvalue weighted by molar-refractivity contribution is 7.16. The van der Waals surface area contributed by atoms with Crippen molar-refractivity contribution in [1.82, 2.24) is 4.57 Å². The van der Waals surface area contributed by atoms with Gasteiger partial charge in [-0.15, -0.1) is 0 Å². The molecular formula is C18H18ClN3OS. The quantitative estimate of drug-likeness (QED) is 0.693. The third-order valence-corrected chi connectivity index (χ3v) is 5.18. The molecule has 0 radical (unpaired) electrons. The molecular weight excluding hydrogens is 342 g/mol. The van der Waals surface area contributed by atoms with Crippen LogP contribution in [0, 0.1) is 6.92 Å². The Balaban J connectivity index is 2.04. The van der Waals surface area contributed by atoms with Crippen molar-refractivity contribution in [1.29, 1.82) is 0 Å². The number of thiazole rings is 1. The lowest BCUT2D eigenvalue weighted by molar-refractivity contribution is 0.0998. The Morgan fingerprint density at radius 1 is 1.21 bits per heavy atom. The summed E-state index contributed by atoms with van der Waals surface area (Å²) >= 11 is 7.59. The van der Waals surface area contributed by atoms with Gasteiger partial charge in [0.15, 0.2) is 4.80 Å². The summed E-state index contributed by atoms with van der Waals surface area (Å²) < 4.78 is 2.97. The molecule has 1 amide bonds. The highest BCUT2D eigenvalue weighted by atomic mass is 35.5. The molecule has 3 rings (SSSR count). The fourth-order valence-electron chi connectivity index (χ4n) is 2.63. The molecule has 0 saturated heterocycles. The molecule has 0 N–H and O–H groups in total. The number of aryl methyl sites for hydroxylation is 2. The summed E-state index contributed by atoms with van der Waals surface area (Å²) in [6.07, 6.45) is 0. The van der Waals surface area contributed by atoms with Crippen LogP contribution >= 0.6 is 22.9 Å². The second-order valence-electron chi connectivity index (χ2n) is 5.87. The zero-order valence-electron chi connectivity index (χ0n) is 14.0. The molecule has 0 atom stereocenters. The van der Waals surface area contributed by atoms with E-state index in [0.717, 1.165) is 21.5 Å². The SMILES string of the molecule is Cc1cc(Cl)cc2sc(=NC(=O)c3ccc(N(C)C)cc3)n(C)c12. The van der Waals surface area contributed by atoms with Crippen LogP contribution in [-0.2, 0) is 7.05 Å². The maximum Gasteiger partial charge on any atom is 0.279 e. The minimum absolute atomic E-state index is 0.244.